The molecule has 1 aromatic heterocycles. The molecule has 14 heteroatoms. The Kier molecular flexibility index (Phi) is 40.0. The second-order valence-corrected chi connectivity index (χ2v) is 28.9. The predicted molar refractivity (Wildman–Crippen MR) is 406 cm³/mol. The highest BCUT2D eigenvalue weighted by atomic mass is 16.6. The molecule has 0 aliphatic carbocycles. The molecular formula is C86H130N2O12. The average molecular weight is 1380 g/mol. The zero-order chi connectivity index (χ0) is 71.3. The molecule has 14 nitrogen and oxygen atoms in total. The van der Waals surface area contributed by atoms with Crippen LogP contribution in [0.5, 0.6) is 23.0 Å². The number of aromatic nitrogens is 2. The summed E-state index contributed by atoms with van der Waals surface area (Å²) in [6.07, 6.45) is 49.8. The molecule has 5 aromatic rings. The fourth-order valence-corrected chi connectivity index (χ4v) is 15.0. The molecule has 3 N–H and O–H groups in total. The van der Waals surface area contributed by atoms with Gasteiger partial charge in [-0.1, -0.05) is 312 Å². The van der Waals surface area contributed by atoms with Crippen molar-refractivity contribution in [3.8, 4) is 23.0 Å². The van der Waals surface area contributed by atoms with E-state index >= 15 is 0 Å². The third-order valence-corrected chi connectivity index (χ3v) is 20.9. The van der Waals surface area contributed by atoms with Crippen molar-refractivity contribution < 1.29 is 48.2 Å². The predicted octanol–water partition coefficient (Wildman–Crippen LogP) is 22.0. The second kappa shape index (κ2) is 48.5. The third kappa shape index (κ3) is 28.8. The number of hydrogen-bond donors (Lipinski definition) is 3. The maximum atomic E-state index is 14.6. The summed E-state index contributed by atoms with van der Waals surface area (Å²) < 4.78 is 39.9. The fraction of sp³-hybridized carbons (Fsp3) is 0.651. The number of ether oxygens (including phenoxy) is 6. The molecule has 1 saturated heterocycles. The first kappa shape index (κ1) is 82.6. The minimum atomic E-state index is -2.06. The first-order valence-corrected chi connectivity index (χ1v) is 39.7. The molecule has 0 bridgehead atoms. The van der Waals surface area contributed by atoms with E-state index in [0.717, 1.165) is 44.1 Å². The van der Waals surface area contributed by atoms with Gasteiger partial charge in [0.15, 0.2) is 0 Å². The molecule has 4 atom stereocenters. The molecular weight excluding hydrogens is 1250 g/mol. The van der Waals surface area contributed by atoms with E-state index in [1.807, 2.05) is 97.1 Å². The number of nitrogens with one attached hydrogen (secondary N) is 1. The van der Waals surface area contributed by atoms with Crippen LogP contribution in [-0.4, -0.2) is 71.8 Å². The van der Waals surface area contributed by atoms with Crippen molar-refractivity contribution in [1.29, 1.82) is 0 Å². The van der Waals surface area contributed by atoms with Crippen molar-refractivity contribution in [2.24, 2.45) is 11.3 Å². The Balaban J connectivity index is 1.15. The van der Waals surface area contributed by atoms with Gasteiger partial charge in [0.1, 0.15) is 34.8 Å². The van der Waals surface area contributed by atoms with Crippen molar-refractivity contribution in [3.63, 3.8) is 0 Å². The van der Waals surface area contributed by atoms with Gasteiger partial charge in [0.25, 0.3) is 5.56 Å². The summed E-state index contributed by atoms with van der Waals surface area (Å²) >= 11 is 0. The van der Waals surface area contributed by atoms with Crippen LogP contribution in [0.1, 0.15) is 318 Å². The average Bonchev–Trinajstić information content (AvgIpc) is 1.25. The summed E-state index contributed by atoms with van der Waals surface area (Å²) in [5.74, 6) is -1.47. The van der Waals surface area contributed by atoms with Crippen molar-refractivity contribution in [2.45, 2.75) is 315 Å². The highest BCUT2D eigenvalue weighted by Crippen LogP contribution is 2.51. The summed E-state index contributed by atoms with van der Waals surface area (Å²) in [4.78, 5) is 57.1. The maximum absolute atomic E-state index is 14.6. The first-order valence-electron chi connectivity index (χ1n) is 39.7. The number of aryl methyl sites for hydroxylation is 1. The minimum Gasteiger partial charge on any atom is -0.497 e. The minimum absolute atomic E-state index is 0.110. The van der Waals surface area contributed by atoms with Gasteiger partial charge in [0.05, 0.1) is 52.0 Å². The summed E-state index contributed by atoms with van der Waals surface area (Å²) in [5.41, 5.74) is -1.79. The Morgan fingerprint density at radius 1 is 0.500 bits per heavy atom. The molecule has 100 heavy (non-hydrogen) atoms. The molecule has 0 amide bonds. The molecule has 0 spiro atoms. The molecule has 1 unspecified atom stereocenters. The van der Waals surface area contributed by atoms with Gasteiger partial charge in [-0.05, 0) is 91.3 Å². The van der Waals surface area contributed by atoms with Crippen molar-refractivity contribution in [2.75, 3.05) is 34.0 Å². The van der Waals surface area contributed by atoms with Gasteiger partial charge in [-0.2, -0.15) is 0 Å². The first-order chi connectivity index (χ1) is 48.9. The highest BCUT2D eigenvalue weighted by molar-refractivity contribution is 5.82. The molecule has 4 aromatic carbocycles. The molecule has 2 heterocycles. The zero-order valence-electron chi connectivity index (χ0n) is 62.5. The third-order valence-electron chi connectivity index (χ3n) is 20.9. The quantitative estimate of drug-likeness (QED) is 0.0248. The Hall–Kier alpha value is -6.38. The smallest absolute Gasteiger partial charge is 0.330 e. The molecule has 6 rings (SSSR count). The van der Waals surface area contributed by atoms with E-state index in [4.69, 9.17) is 28.4 Å². The number of unbranched alkanes of at least 4 members (excludes halogenated alkanes) is 38. The van der Waals surface area contributed by atoms with Crippen molar-refractivity contribution in [3.05, 3.63) is 152 Å². The number of H-pyrrole nitrogens is 1. The van der Waals surface area contributed by atoms with E-state index in [-0.39, 0.29) is 25.0 Å². The fourth-order valence-electron chi connectivity index (χ4n) is 15.0. The molecule has 1 aliphatic rings. The summed E-state index contributed by atoms with van der Waals surface area (Å²) in [6.45, 7) is 6.78. The summed E-state index contributed by atoms with van der Waals surface area (Å²) in [7, 11) is 3.19. The number of methoxy groups -OCH3 is 2. The van der Waals surface area contributed by atoms with Crippen LogP contribution in [0.15, 0.2) is 113 Å². The van der Waals surface area contributed by atoms with E-state index in [9.17, 15) is 29.4 Å². The Morgan fingerprint density at radius 3 is 1.23 bits per heavy atom. The standard InChI is InChI=1S/C86H130N2O12/c1-6-8-10-12-14-16-18-20-22-24-26-28-30-32-34-36-38-40-42-47-59-97-76-61-70(62-77(63-76)98-60-48-43-41-39-37-35-33-31-29-27-25-23-21-19-17-15-13-11-9-7-2)65-85(83(92)93,66-81(89)90)78-64-80(88-67-69(3)82(91)87-84(88)94)100-79(78)68-99-86(71-49-45-44-46-50-71,72-51-55-74(95-4)56-52-72)73-53-57-75(96-5)58-54-73/h44-46,49-58,61-63,67,78-80H,6-43,47-48,59-60,64-66,68H2,1-5H3,(H,89,90)(H,92,93)(H,87,91,94)/t78-,79-,80-,85?/m1/s1. The van der Waals surface area contributed by atoms with Crippen LogP contribution < -0.4 is 30.2 Å². The number of carbonyl (C=O) groups is 2. The lowest BCUT2D eigenvalue weighted by Gasteiger charge is -2.40. The zero-order valence-corrected chi connectivity index (χ0v) is 62.5. The van der Waals surface area contributed by atoms with Crippen LogP contribution in [0, 0.1) is 18.3 Å². The number of nitrogens with zero attached hydrogens (tertiary/aromatic N) is 1. The van der Waals surface area contributed by atoms with Gasteiger partial charge in [0.2, 0.25) is 0 Å². The topological polar surface area (TPSA) is 185 Å². The SMILES string of the molecule is CCCCCCCCCCCCCCCCCCCCCCOc1cc(CC(CC(=O)O)(C(=O)O)[C@@H]2C[C@H](n3cc(C)c(=O)[nH]c3=O)O[C@@H]2COC(c2ccccc2)(c2ccc(OC)cc2)c2ccc(OC)cc2)cc(OCCCCCCCCCCCCCCCCCCCCCC)c1. The number of hydrogen-bond acceptors (Lipinski definition) is 10. The van der Waals surface area contributed by atoms with E-state index in [1.165, 1.54) is 229 Å². The lowest BCUT2D eigenvalue weighted by atomic mass is 9.66. The Bertz CT molecular complexity index is 3000. The maximum Gasteiger partial charge on any atom is 0.330 e. The second-order valence-electron chi connectivity index (χ2n) is 28.9. The lowest BCUT2D eigenvalue weighted by molar-refractivity contribution is -0.163. The van der Waals surface area contributed by atoms with Crippen LogP contribution in [0.3, 0.4) is 0 Å². The molecule has 556 valence electrons. The number of rotatable bonds is 59. The van der Waals surface area contributed by atoms with Gasteiger partial charge in [0, 0.05) is 23.7 Å². The Labute approximate surface area is 601 Å². The van der Waals surface area contributed by atoms with Crippen LogP contribution in [-0.2, 0) is 31.1 Å². The van der Waals surface area contributed by atoms with Crippen LogP contribution >= 0.6 is 0 Å². The largest absolute Gasteiger partial charge is 0.497 e. The highest BCUT2D eigenvalue weighted by Gasteiger charge is 2.56. The number of benzene rings is 4. The number of aliphatic carboxylic acids is 2. The van der Waals surface area contributed by atoms with E-state index in [2.05, 4.69) is 18.8 Å². The molecule has 1 fully saturated rings. The van der Waals surface area contributed by atoms with E-state index in [0.29, 0.717) is 52.9 Å². The van der Waals surface area contributed by atoms with E-state index < -0.39 is 58.9 Å². The summed E-state index contributed by atoms with van der Waals surface area (Å²) in [5, 5.41) is 22.9. The normalized spacial score (nSPS) is 15.2. The number of carboxylic acids is 2. The van der Waals surface area contributed by atoms with Gasteiger partial charge < -0.3 is 38.6 Å². The van der Waals surface area contributed by atoms with Gasteiger partial charge >= 0.3 is 17.6 Å². The van der Waals surface area contributed by atoms with Crippen molar-refractivity contribution >= 4 is 11.9 Å². The van der Waals surface area contributed by atoms with Gasteiger partial charge in [-0.25, -0.2) is 4.79 Å². The molecule has 0 radical (unpaired) electrons. The number of aromatic amines is 1. The lowest BCUT2D eigenvalue weighted by Crippen LogP contribution is -2.48. The van der Waals surface area contributed by atoms with Crippen LogP contribution in [0.2, 0.25) is 0 Å². The molecule has 1 aliphatic heterocycles. The monoisotopic (exact) mass is 1380 g/mol. The van der Waals surface area contributed by atoms with Crippen molar-refractivity contribution in [1.82, 2.24) is 9.55 Å². The van der Waals surface area contributed by atoms with Gasteiger partial charge in [-0.15, -0.1) is 0 Å². The van der Waals surface area contributed by atoms with Crippen LogP contribution in [0.25, 0.3) is 0 Å². The number of carboxylic acid groups (broad SMARTS) is 2. The van der Waals surface area contributed by atoms with Crippen LogP contribution in [0.4, 0.5) is 0 Å². The molecule has 0 saturated carbocycles. The van der Waals surface area contributed by atoms with Gasteiger partial charge in [-0.3, -0.25) is 23.9 Å². The summed E-state index contributed by atoms with van der Waals surface area (Å²) in [6, 6.07) is 30.2. The Morgan fingerprint density at radius 2 is 0.870 bits per heavy atom. The van der Waals surface area contributed by atoms with E-state index in [1.54, 1.807) is 21.1 Å².